The summed E-state index contributed by atoms with van der Waals surface area (Å²) in [7, 11) is 4.39. The van der Waals surface area contributed by atoms with Crippen molar-refractivity contribution < 1.29 is 46.6 Å². The molecule has 1 aliphatic rings. The number of ether oxygens (including phenoxy) is 2. The van der Waals surface area contributed by atoms with Crippen LogP contribution in [0.1, 0.15) is 93.4 Å². The Morgan fingerprint density at radius 2 is 1.74 bits per heavy atom. The van der Waals surface area contributed by atoms with Crippen LogP contribution >= 0.6 is 11.3 Å². The first kappa shape index (κ1) is 43.4. The number of methoxy groups -OCH3 is 1. The van der Waals surface area contributed by atoms with E-state index in [4.69, 9.17) is 9.47 Å². The zero-order chi connectivity index (χ0) is 39.5. The van der Waals surface area contributed by atoms with Crippen LogP contribution in [0.25, 0.3) is 0 Å². The Hall–Kier alpha value is -4.05. The minimum Gasteiger partial charge on any atom is -0.469 e. The molecule has 0 saturated carbocycles. The Morgan fingerprint density at radius 3 is 2.32 bits per heavy atom. The van der Waals surface area contributed by atoms with Crippen LogP contribution in [0.15, 0.2) is 35.7 Å². The number of hydrogen-bond acceptors (Lipinski definition) is 10. The molecule has 2 N–H and O–H groups in total. The van der Waals surface area contributed by atoms with Crippen LogP contribution in [0.3, 0.4) is 0 Å². The van der Waals surface area contributed by atoms with Gasteiger partial charge in [-0.25, -0.2) is 4.98 Å². The van der Waals surface area contributed by atoms with Gasteiger partial charge in [-0.1, -0.05) is 57.5 Å². The van der Waals surface area contributed by atoms with Crippen molar-refractivity contribution in [2.75, 3.05) is 27.7 Å². The fourth-order valence-corrected chi connectivity index (χ4v) is 7.47. The standard InChI is InChI=1S/C37H52F3N5O7S/c1-22(2)30(45(6)35(49)27(20-37(38,39)40)42-33(48)29-15-11-12-16-44(29)5)19-31(52-24(4)46)34-43-28(21-53-34)32(47)41-26(17-23(3)36(50)51-7)18-25-13-9-8-10-14-25/h8-10,13-14,21-23,26-27,29-31H,11-12,15-20H2,1-7H3,(H,41,47)(H,42,48)/t23-,26+,27-,29+,30+,31+/m0/s1. The fraction of sp³-hybridized carbons (Fsp3) is 0.622. The number of amides is 3. The Labute approximate surface area is 313 Å². The fourth-order valence-electron chi connectivity index (χ4n) is 6.63. The van der Waals surface area contributed by atoms with Crippen LogP contribution in [0.5, 0.6) is 0 Å². The molecule has 1 aromatic heterocycles. The number of likely N-dealkylation sites (tertiary alicyclic amines) is 1. The molecule has 16 heteroatoms. The maximum atomic E-state index is 13.8. The molecule has 0 spiro atoms. The summed E-state index contributed by atoms with van der Waals surface area (Å²) in [5, 5.41) is 7.08. The first-order valence-corrected chi connectivity index (χ1v) is 18.7. The number of thiazole rings is 1. The Bertz CT molecular complexity index is 1540. The number of piperidine rings is 1. The number of nitrogens with zero attached hydrogens (tertiary/aromatic N) is 3. The number of carbonyl (C=O) groups is 5. The molecule has 0 unspecified atom stereocenters. The van der Waals surface area contributed by atoms with Crippen molar-refractivity contribution in [2.45, 2.75) is 109 Å². The highest BCUT2D eigenvalue weighted by molar-refractivity contribution is 7.09. The summed E-state index contributed by atoms with van der Waals surface area (Å²) in [5.74, 6) is -3.99. The lowest BCUT2D eigenvalue weighted by atomic mass is 9.95. The number of hydrogen-bond donors (Lipinski definition) is 2. The number of halogens is 3. The van der Waals surface area contributed by atoms with Crippen molar-refractivity contribution in [3.63, 3.8) is 0 Å². The Balaban J connectivity index is 1.83. The number of esters is 2. The summed E-state index contributed by atoms with van der Waals surface area (Å²) in [5.41, 5.74) is 0.984. The van der Waals surface area contributed by atoms with E-state index in [1.807, 2.05) is 30.3 Å². The van der Waals surface area contributed by atoms with Crippen molar-refractivity contribution in [1.82, 2.24) is 25.4 Å². The summed E-state index contributed by atoms with van der Waals surface area (Å²) >= 11 is 1.06. The molecule has 53 heavy (non-hydrogen) atoms. The molecule has 3 rings (SSSR count). The number of nitrogens with one attached hydrogen (secondary N) is 2. The van der Waals surface area contributed by atoms with E-state index >= 15 is 0 Å². The molecule has 0 bridgehead atoms. The smallest absolute Gasteiger partial charge is 0.391 e. The minimum absolute atomic E-state index is 0.0390. The van der Waals surface area contributed by atoms with Crippen molar-refractivity contribution in [2.24, 2.45) is 11.8 Å². The van der Waals surface area contributed by atoms with E-state index in [1.54, 1.807) is 32.7 Å². The average molecular weight is 768 g/mol. The molecule has 1 aliphatic heterocycles. The SMILES string of the molecule is COC(=O)[C@@H](C)C[C@H](Cc1ccccc1)NC(=O)c1csc([C@@H](C[C@H](C(C)C)N(C)C(=O)[C@H](CC(F)(F)F)NC(=O)[C@H]2CCCCN2C)OC(C)=O)n1. The molecule has 12 nitrogen and oxygen atoms in total. The third-order valence-electron chi connectivity index (χ3n) is 9.43. The Kier molecular flexibility index (Phi) is 16.2. The highest BCUT2D eigenvalue weighted by Gasteiger charge is 2.41. The maximum absolute atomic E-state index is 13.8. The highest BCUT2D eigenvalue weighted by atomic mass is 32.1. The zero-order valence-corrected chi connectivity index (χ0v) is 32.2. The molecule has 2 heterocycles. The van der Waals surface area contributed by atoms with Gasteiger partial charge in [0.25, 0.3) is 5.91 Å². The molecule has 1 saturated heterocycles. The molecule has 0 radical (unpaired) electrons. The van der Waals surface area contributed by atoms with Gasteiger partial charge < -0.3 is 25.0 Å². The van der Waals surface area contributed by atoms with Gasteiger partial charge in [-0.3, -0.25) is 28.9 Å². The van der Waals surface area contributed by atoms with Gasteiger partial charge in [0.1, 0.15) is 16.7 Å². The molecule has 1 fully saturated rings. The highest BCUT2D eigenvalue weighted by Crippen LogP contribution is 2.32. The van der Waals surface area contributed by atoms with Crippen LogP contribution in [-0.2, 0) is 35.1 Å². The molecular weight excluding hydrogens is 715 g/mol. The van der Waals surface area contributed by atoms with Crippen molar-refractivity contribution in [3.05, 3.63) is 52.0 Å². The summed E-state index contributed by atoms with van der Waals surface area (Å²) in [4.78, 5) is 72.3. The van der Waals surface area contributed by atoms with Crippen LogP contribution in [0.2, 0.25) is 0 Å². The number of alkyl halides is 3. The molecular formula is C37H52F3N5O7S. The van der Waals surface area contributed by atoms with Gasteiger partial charge in [-0.15, -0.1) is 11.3 Å². The molecule has 0 aliphatic carbocycles. The molecule has 3 amide bonds. The Morgan fingerprint density at radius 1 is 1.06 bits per heavy atom. The third-order valence-corrected chi connectivity index (χ3v) is 10.4. The van der Waals surface area contributed by atoms with Gasteiger partial charge in [-0.05, 0) is 50.8 Å². The first-order valence-electron chi connectivity index (χ1n) is 17.8. The van der Waals surface area contributed by atoms with Gasteiger partial charge in [0.05, 0.1) is 25.5 Å². The number of rotatable bonds is 17. The third kappa shape index (κ3) is 13.4. The van der Waals surface area contributed by atoms with Gasteiger partial charge in [-0.2, -0.15) is 13.2 Å². The van der Waals surface area contributed by atoms with E-state index in [1.165, 1.54) is 31.4 Å². The van der Waals surface area contributed by atoms with Crippen LogP contribution < -0.4 is 10.6 Å². The predicted octanol–water partition coefficient (Wildman–Crippen LogP) is 5.08. The summed E-state index contributed by atoms with van der Waals surface area (Å²) in [6, 6.07) is 5.72. The normalized spacial score (nSPS) is 17.9. The lowest BCUT2D eigenvalue weighted by molar-refractivity contribution is -0.159. The molecule has 1 aromatic carbocycles. The second kappa shape index (κ2) is 19.9. The van der Waals surface area contributed by atoms with Crippen molar-refractivity contribution in [1.29, 1.82) is 0 Å². The monoisotopic (exact) mass is 767 g/mol. The second-order valence-corrected chi connectivity index (χ2v) is 14.9. The van der Waals surface area contributed by atoms with Crippen molar-refractivity contribution >= 4 is 41.0 Å². The molecule has 294 valence electrons. The maximum Gasteiger partial charge on any atom is 0.391 e. The van der Waals surface area contributed by atoms with E-state index in [2.05, 4.69) is 15.6 Å². The lowest BCUT2D eigenvalue weighted by Gasteiger charge is -2.37. The minimum atomic E-state index is -4.74. The summed E-state index contributed by atoms with van der Waals surface area (Å²) in [6.45, 7) is 7.07. The summed E-state index contributed by atoms with van der Waals surface area (Å²) < 4.78 is 51.8. The average Bonchev–Trinajstić information content (AvgIpc) is 3.59. The predicted molar refractivity (Wildman–Crippen MR) is 193 cm³/mol. The van der Waals surface area contributed by atoms with Crippen LogP contribution in [0, 0.1) is 11.8 Å². The number of likely N-dealkylation sites (N-methyl/N-ethyl adjacent to an activating group) is 2. The topological polar surface area (TPSA) is 147 Å². The second-order valence-electron chi connectivity index (χ2n) is 14.1. The first-order chi connectivity index (χ1) is 24.9. The number of aromatic nitrogens is 1. The van der Waals surface area contributed by atoms with E-state index in [0.717, 1.165) is 29.7 Å². The quantitative estimate of drug-likeness (QED) is 0.211. The number of carbonyl (C=O) groups excluding carboxylic acids is 5. The van der Waals surface area contributed by atoms with Crippen LogP contribution in [-0.4, -0.2) is 103 Å². The van der Waals surface area contributed by atoms with Gasteiger partial charge >= 0.3 is 18.1 Å². The van der Waals surface area contributed by atoms with Gasteiger partial charge in [0.2, 0.25) is 11.8 Å². The lowest BCUT2D eigenvalue weighted by Crippen LogP contribution is -2.57. The van der Waals surface area contributed by atoms with E-state index in [-0.39, 0.29) is 23.0 Å². The summed E-state index contributed by atoms with van der Waals surface area (Å²) in [6.07, 6.45) is -4.57. The zero-order valence-electron chi connectivity index (χ0n) is 31.4. The van der Waals surface area contributed by atoms with E-state index in [0.29, 0.717) is 25.8 Å². The molecule has 6 atom stereocenters. The molecule has 2 aromatic rings. The van der Waals surface area contributed by atoms with E-state index < -0.39 is 78.4 Å². The van der Waals surface area contributed by atoms with Gasteiger partial charge in [0, 0.05) is 37.9 Å². The number of benzene rings is 1. The van der Waals surface area contributed by atoms with Gasteiger partial charge in [0.15, 0.2) is 6.10 Å². The largest absolute Gasteiger partial charge is 0.469 e. The van der Waals surface area contributed by atoms with E-state index in [9.17, 15) is 37.1 Å². The van der Waals surface area contributed by atoms with Crippen molar-refractivity contribution in [3.8, 4) is 0 Å². The van der Waals surface area contributed by atoms with Crippen LogP contribution in [0.4, 0.5) is 13.2 Å².